The summed E-state index contributed by atoms with van der Waals surface area (Å²) in [6.45, 7) is 2.97. The molecule has 144 valence electrons. The maximum absolute atomic E-state index is 12.7. The van der Waals surface area contributed by atoms with Crippen LogP contribution in [0.25, 0.3) is 11.6 Å². The second-order valence-electron chi connectivity index (χ2n) is 7.07. The summed E-state index contributed by atoms with van der Waals surface area (Å²) < 4.78 is 0. The van der Waals surface area contributed by atoms with Crippen molar-refractivity contribution in [1.29, 1.82) is 0 Å². The van der Waals surface area contributed by atoms with Crippen molar-refractivity contribution in [2.45, 2.75) is 45.4 Å². The fourth-order valence-electron chi connectivity index (χ4n) is 3.38. The third-order valence-corrected chi connectivity index (χ3v) is 5.12. The number of hydrazine groups is 1. The number of halogens is 1. The number of benzene rings is 1. The lowest BCUT2D eigenvalue weighted by molar-refractivity contribution is 0.0820. The molecule has 0 atom stereocenters. The van der Waals surface area contributed by atoms with Crippen LogP contribution in [-0.2, 0) is 6.42 Å². The van der Waals surface area contributed by atoms with Crippen molar-refractivity contribution in [3.63, 3.8) is 0 Å². The van der Waals surface area contributed by atoms with Crippen LogP contribution in [0.3, 0.4) is 0 Å². The number of carbonyl (C=O) groups excluding carboxylic acids is 1. The summed E-state index contributed by atoms with van der Waals surface area (Å²) in [7, 11) is 1.90. The van der Waals surface area contributed by atoms with E-state index in [9.17, 15) is 4.79 Å². The predicted molar refractivity (Wildman–Crippen MR) is 110 cm³/mol. The lowest BCUT2D eigenvalue weighted by Gasteiger charge is -2.17. The summed E-state index contributed by atoms with van der Waals surface area (Å²) >= 11 is 5.99. The first-order valence-electron chi connectivity index (χ1n) is 9.64. The van der Waals surface area contributed by atoms with Crippen molar-refractivity contribution in [3.8, 4) is 0 Å². The van der Waals surface area contributed by atoms with Crippen LogP contribution in [-0.4, -0.2) is 34.7 Å². The second-order valence-corrected chi connectivity index (χ2v) is 7.51. The highest BCUT2D eigenvalue weighted by atomic mass is 35.5. The van der Waals surface area contributed by atoms with Gasteiger partial charge in [-0.15, -0.1) is 0 Å². The lowest BCUT2D eigenvalue weighted by Crippen LogP contribution is -2.40. The first kappa shape index (κ1) is 19.6. The fourth-order valence-corrected chi connectivity index (χ4v) is 3.50. The molecule has 2 N–H and O–H groups in total. The molecule has 0 aliphatic heterocycles. The van der Waals surface area contributed by atoms with Gasteiger partial charge in [0.15, 0.2) is 0 Å². The van der Waals surface area contributed by atoms with Gasteiger partial charge in [0, 0.05) is 24.2 Å². The highest BCUT2D eigenvalue weighted by Gasteiger charge is 2.23. The molecule has 1 amide bonds. The van der Waals surface area contributed by atoms with Crippen molar-refractivity contribution < 1.29 is 4.79 Å². The molecule has 0 radical (unpaired) electrons. The van der Waals surface area contributed by atoms with Crippen LogP contribution in [0.5, 0.6) is 0 Å². The summed E-state index contributed by atoms with van der Waals surface area (Å²) in [5.41, 5.74) is 7.73. The summed E-state index contributed by atoms with van der Waals surface area (Å²) in [6, 6.07) is 7.79. The molecular weight excluding hydrogens is 360 g/mol. The number of nitrogens with zero attached hydrogens (tertiary/aromatic N) is 2. The monoisotopic (exact) mass is 386 g/mol. The normalized spacial score (nSPS) is 15.6. The Bertz CT molecular complexity index is 810. The maximum atomic E-state index is 12.7. The van der Waals surface area contributed by atoms with E-state index in [1.54, 1.807) is 0 Å². The summed E-state index contributed by atoms with van der Waals surface area (Å²) in [5, 5.41) is 10.1. The van der Waals surface area contributed by atoms with E-state index in [0.717, 1.165) is 66.9 Å². The minimum absolute atomic E-state index is 0.116. The van der Waals surface area contributed by atoms with E-state index in [1.165, 1.54) is 5.57 Å². The molecule has 1 aliphatic carbocycles. The molecule has 2 aromatic rings. The van der Waals surface area contributed by atoms with Crippen molar-refractivity contribution in [2.24, 2.45) is 0 Å². The highest BCUT2D eigenvalue weighted by molar-refractivity contribution is 6.30. The Morgan fingerprint density at radius 3 is 2.78 bits per heavy atom. The molecule has 27 heavy (non-hydrogen) atoms. The number of rotatable bonds is 6. The Morgan fingerprint density at radius 2 is 2.04 bits per heavy atom. The molecule has 0 saturated heterocycles. The van der Waals surface area contributed by atoms with Gasteiger partial charge in [0.1, 0.15) is 5.69 Å². The van der Waals surface area contributed by atoms with Crippen LogP contribution in [0.4, 0.5) is 0 Å². The number of amides is 1. The third kappa shape index (κ3) is 4.99. The molecule has 1 heterocycles. The van der Waals surface area contributed by atoms with Gasteiger partial charge in [-0.3, -0.25) is 15.3 Å². The number of carbonyl (C=O) groups is 1. The Hall–Kier alpha value is -2.11. The Labute approximate surface area is 165 Å². The first-order chi connectivity index (χ1) is 13.1. The SMILES string of the molecule is CCCCN(C)NC(=O)c1[nH]nc2c1CCCC/C2=C\c1ccc(Cl)cc1. The van der Waals surface area contributed by atoms with Gasteiger partial charge in [0.05, 0.1) is 5.69 Å². The van der Waals surface area contributed by atoms with E-state index < -0.39 is 0 Å². The molecule has 5 nitrogen and oxygen atoms in total. The Kier molecular flexibility index (Phi) is 6.69. The number of aromatic amines is 1. The van der Waals surface area contributed by atoms with E-state index in [-0.39, 0.29) is 5.91 Å². The van der Waals surface area contributed by atoms with Gasteiger partial charge in [-0.2, -0.15) is 5.10 Å². The van der Waals surface area contributed by atoms with Crippen LogP contribution in [0, 0.1) is 0 Å². The van der Waals surface area contributed by atoms with E-state index in [4.69, 9.17) is 11.6 Å². The molecule has 0 bridgehead atoms. The van der Waals surface area contributed by atoms with Gasteiger partial charge in [0.2, 0.25) is 0 Å². The molecule has 3 rings (SSSR count). The van der Waals surface area contributed by atoms with Gasteiger partial charge in [-0.05, 0) is 61.4 Å². The van der Waals surface area contributed by atoms with Gasteiger partial charge in [-0.1, -0.05) is 37.1 Å². The average molecular weight is 387 g/mol. The maximum Gasteiger partial charge on any atom is 0.283 e. The minimum Gasteiger partial charge on any atom is -0.284 e. The zero-order chi connectivity index (χ0) is 19.2. The Morgan fingerprint density at radius 1 is 1.30 bits per heavy atom. The lowest BCUT2D eigenvalue weighted by atomic mass is 10.0. The molecule has 1 aromatic carbocycles. The summed E-state index contributed by atoms with van der Waals surface area (Å²) in [5.74, 6) is -0.116. The van der Waals surface area contributed by atoms with Gasteiger partial charge >= 0.3 is 0 Å². The summed E-state index contributed by atoms with van der Waals surface area (Å²) in [4.78, 5) is 12.7. The average Bonchev–Trinajstić information content (AvgIpc) is 2.98. The van der Waals surface area contributed by atoms with E-state index >= 15 is 0 Å². The smallest absolute Gasteiger partial charge is 0.283 e. The van der Waals surface area contributed by atoms with Gasteiger partial charge < -0.3 is 0 Å². The molecule has 0 unspecified atom stereocenters. The molecule has 0 spiro atoms. The number of nitrogens with one attached hydrogen (secondary N) is 2. The largest absolute Gasteiger partial charge is 0.284 e. The van der Waals surface area contributed by atoms with E-state index in [2.05, 4.69) is 28.6 Å². The van der Waals surface area contributed by atoms with Crippen molar-refractivity contribution >= 4 is 29.2 Å². The molecule has 0 saturated carbocycles. The number of allylic oxidation sites excluding steroid dienone is 1. The number of unbranched alkanes of at least 4 members (excludes halogenated alkanes) is 1. The van der Waals surface area contributed by atoms with Crippen molar-refractivity contribution in [3.05, 3.63) is 51.8 Å². The number of H-pyrrole nitrogens is 1. The molecule has 1 aliphatic rings. The number of hydrogen-bond donors (Lipinski definition) is 2. The highest BCUT2D eigenvalue weighted by Crippen LogP contribution is 2.31. The van der Waals surface area contributed by atoms with Crippen LogP contribution in [0.1, 0.15) is 66.3 Å². The second kappa shape index (κ2) is 9.20. The first-order valence-corrected chi connectivity index (χ1v) is 10.0. The molecule has 0 fully saturated rings. The van der Waals surface area contributed by atoms with Crippen molar-refractivity contribution in [1.82, 2.24) is 20.6 Å². The topological polar surface area (TPSA) is 61.0 Å². The molecule has 6 heteroatoms. The van der Waals surface area contributed by atoms with Crippen LogP contribution in [0.2, 0.25) is 5.02 Å². The standard InChI is InChI=1S/C21H27ClN4O/c1-3-4-13-26(2)25-21(27)20-18-8-6-5-7-16(19(18)23-24-20)14-15-9-11-17(22)12-10-15/h9-12,14H,3-8,13H2,1-2H3,(H,23,24)(H,25,27)/b16-14+. The van der Waals surface area contributed by atoms with Crippen LogP contribution < -0.4 is 5.43 Å². The zero-order valence-electron chi connectivity index (χ0n) is 16.0. The number of aromatic nitrogens is 2. The van der Waals surface area contributed by atoms with Crippen molar-refractivity contribution in [2.75, 3.05) is 13.6 Å². The minimum atomic E-state index is -0.116. The van der Waals surface area contributed by atoms with E-state index in [1.807, 2.05) is 36.3 Å². The number of hydrogen-bond acceptors (Lipinski definition) is 3. The zero-order valence-corrected chi connectivity index (χ0v) is 16.8. The number of fused-ring (bicyclic) bond motifs is 1. The molecular formula is C21H27ClN4O. The Balaban J connectivity index is 1.84. The predicted octanol–water partition coefficient (Wildman–Crippen LogP) is 4.71. The van der Waals surface area contributed by atoms with Crippen LogP contribution in [0.15, 0.2) is 24.3 Å². The van der Waals surface area contributed by atoms with Crippen LogP contribution >= 0.6 is 11.6 Å². The fraction of sp³-hybridized carbons (Fsp3) is 0.429. The van der Waals surface area contributed by atoms with Gasteiger partial charge in [-0.25, -0.2) is 5.01 Å². The third-order valence-electron chi connectivity index (χ3n) is 4.87. The summed E-state index contributed by atoms with van der Waals surface area (Å²) in [6.07, 6.45) is 8.26. The van der Waals surface area contributed by atoms with Gasteiger partial charge in [0.25, 0.3) is 5.91 Å². The van der Waals surface area contributed by atoms with E-state index in [0.29, 0.717) is 5.69 Å². The molecule has 1 aromatic heterocycles. The quantitative estimate of drug-likeness (QED) is 0.558.